The summed E-state index contributed by atoms with van der Waals surface area (Å²) < 4.78 is 87.6. The fourth-order valence-electron chi connectivity index (χ4n) is 3.90. The van der Waals surface area contributed by atoms with Crippen LogP contribution in [-0.2, 0) is 28.8 Å². The maximum Gasteiger partial charge on any atom is 0.500 e. The Morgan fingerprint density at radius 2 is 1.17 bits per heavy atom. The lowest BCUT2D eigenvalue weighted by atomic mass is 10.1. The van der Waals surface area contributed by atoms with Gasteiger partial charge in [-0.25, -0.2) is 22.8 Å². The van der Waals surface area contributed by atoms with Gasteiger partial charge in [0.2, 0.25) is 0 Å². The van der Waals surface area contributed by atoms with Gasteiger partial charge in [-0.05, 0) is 36.4 Å². The Bertz CT molecular complexity index is 1500. The average molecular weight is 595 g/mol. The Hall–Kier alpha value is -4.27. The maximum atomic E-state index is 13.9. The Morgan fingerprint density at radius 1 is 0.756 bits per heavy atom. The molecule has 0 aliphatic carbocycles. The van der Waals surface area contributed by atoms with Crippen LogP contribution in [0.5, 0.6) is 0 Å². The van der Waals surface area contributed by atoms with Crippen molar-refractivity contribution in [3.05, 3.63) is 108 Å². The Morgan fingerprint density at radius 3 is 1.61 bits per heavy atom. The van der Waals surface area contributed by atoms with E-state index >= 15 is 0 Å². The molecule has 4 rings (SSSR count). The van der Waals surface area contributed by atoms with E-state index in [1.165, 1.54) is 84.9 Å². The maximum absolute atomic E-state index is 13.9. The molecular weight excluding hydrogens is 573 g/mol. The number of benzene rings is 3. The molecule has 0 saturated carbocycles. The van der Waals surface area contributed by atoms with Gasteiger partial charge in [0, 0.05) is 0 Å². The largest absolute Gasteiger partial charge is 0.500 e. The summed E-state index contributed by atoms with van der Waals surface area (Å²) in [4.78, 5) is 33.8. The number of halogens is 3. The van der Waals surface area contributed by atoms with Crippen molar-refractivity contribution in [1.82, 2.24) is 0 Å². The molecule has 0 spiro atoms. The third-order valence-electron chi connectivity index (χ3n) is 5.97. The minimum Gasteiger partial charge on any atom is -0.459 e. The number of aliphatic hydroxyl groups is 1. The van der Waals surface area contributed by atoms with Crippen LogP contribution in [0.3, 0.4) is 0 Å². The number of hydrogen-bond acceptors (Lipinski definition) is 10. The van der Waals surface area contributed by atoms with E-state index in [1.807, 2.05) is 0 Å². The van der Waals surface area contributed by atoms with Crippen molar-refractivity contribution in [2.45, 2.75) is 28.9 Å². The van der Waals surface area contributed by atoms with Crippen LogP contribution in [0.1, 0.15) is 31.1 Å². The van der Waals surface area contributed by atoms with Crippen molar-refractivity contribution in [3.63, 3.8) is 0 Å². The van der Waals surface area contributed by atoms with E-state index < -0.39 is 63.3 Å². The molecule has 1 unspecified atom stereocenters. The van der Waals surface area contributed by atoms with Crippen LogP contribution >= 0.6 is 0 Å². The normalized spacial score (nSPS) is 22.5. The van der Waals surface area contributed by atoms with Gasteiger partial charge in [0.05, 0.1) is 16.7 Å². The first-order valence-corrected chi connectivity index (χ1v) is 13.3. The first-order chi connectivity index (χ1) is 19.4. The van der Waals surface area contributed by atoms with Crippen molar-refractivity contribution in [2.75, 3.05) is 6.61 Å². The molecule has 3 aromatic rings. The Kier molecular flexibility index (Phi) is 8.47. The van der Waals surface area contributed by atoms with Crippen molar-refractivity contribution >= 4 is 27.7 Å². The number of rotatable bonds is 8. The molecule has 41 heavy (non-hydrogen) atoms. The monoisotopic (exact) mass is 594 g/mol. The van der Waals surface area contributed by atoms with Gasteiger partial charge >= 0.3 is 23.4 Å². The molecule has 1 N–H and O–H groups in total. The van der Waals surface area contributed by atoms with Gasteiger partial charge in [-0.3, -0.25) is 0 Å². The summed E-state index contributed by atoms with van der Waals surface area (Å²) in [6, 6.07) is 20.8. The van der Waals surface area contributed by atoms with E-state index in [1.54, 1.807) is 6.07 Å². The van der Waals surface area contributed by atoms with Crippen LogP contribution in [0.2, 0.25) is 0 Å². The molecule has 1 aliphatic rings. The Labute approximate surface area is 231 Å². The highest BCUT2D eigenvalue weighted by molar-refractivity contribution is 7.93. The fourth-order valence-corrected chi connectivity index (χ4v) is 5.14. The van der Waals surface area contributed by atoms with Gasteiger partial charge in [-0.15, -0.1) is 0 Å². The van der Waals surface area contributed by atoms with E-state index in [2.05, 4.69) is 0 Å². The zero-order chi connectivity index (χ0) is 29.8. The lowest BCUT2D eigenvalue weighted by Gasteiger charge is -2.32. The first-order valence-electron chi connectivity index (χ1n) is 11.8. The van der Waals surface area contributed by atoms with Gasteiger partial charge < -0.3 is 24.1 Å². The molecule has 10 nitrogen and oxygen atoms in total. The number of esters is 3. The van der Waals surface area contributed by atoms with Crippen LogP contribution in [0.15, 0.2) is 91.0 Å². The topological polar surface area (TPSA) is 142 Å². The molecule has 0 amide bonds. The van der Waals surface area contributed by atoms with Gasteiger partial charge in [-0.2, -0.15) is 13.2 Å². The quantitative estimate of drug-likeness (QED) is 0.305. The second kappa shape index (κ2) is 11.7. The molecule has 1 aliphatic heterocycles. The van der Waals surface area contributed by atoms with E-state index in [4.69, 9.17) is 18.9 Å². The third kappa shape index (κ3) is 5.94. The number of alkyl halides is 3. The summed E-state index contributed by atoms with van der Waals surface area (Å²) in [5.74, 6) is -3.69. The van der Waals surface area contributed by atoms with Crippen LogP contribution in [-0.4, -0.2) is 67.0 Å². The fraction of sp³-hybridized carbons (Fsp3) is 0.222. The molecule has 0 bridgehead atoms. The lowest BCUT2D eigenvalue weighted by Crippen LogP contribution is -2.61. The summed E-state index contributed by atoms with van der Waals surface area (Å²) in [5, 5.41) is 11.3. The van der Waals surface area contributed by atoms with Crippen molar-refractivity contribution in [1.29, 1.82) is 0 Å². The zero-order valence-corrected chi connectivity index (χ0v) is 21.6. The number of carbonyl (C=O) groups is 3. The van der Waals surface area contributed by atoms with E-state index in [0.29, 0.717) is 0 Å². The number of ether oxygens (including phenoxy) is 4. The minimum atomic E-state index is -6.72. The van der Waals surface area contributed by atoms with Crippen LogP contribution in [0, 0.1) is 0 Å². The molecule has 3 aromatic carbocycles. The van der Waals surface area contributed by atoms with Gasteiger partial charge in [0.15, 0.2) is 6.10 Å². The van der Waals surface area contributed by atoms with Gasteiger partial charge in [-0.1, -0.05) is 54.6 Å². The highest BCUT2D eigenvalue weighted by Gasteiger charge is 2.75. The molecule has 1 heterocycles. The highest BCUT2D eigenvalue weighted by Crippen LogP contribution is 2.45. The molecule has 216 valence electrons. The second-order valence-electron chi connectivity index (χ2n) is 8.64. The smallest absolute Gasteiger partial charge is 0.459 e. The highest BCUT2D eigenvalue weighted by atomic mass is 32.2. The number of sulfone groups is 1. The summed E-state index contributed by atoms with van der Waals surface area (Å²) in [7, 11) is -6.72. The summed E-state index contributed by atoms with van der Waals surface area (Å²) >= 11 is 0. The lowest BCUT2D eigenvalue weighted by molar-refractivity contribution is -0.156. The van der Waals surface area contributed by atoms with Crippen LogP contribution < -0.4 is 0 Å². The van der Waals surface area contributed by atoms with Gasteiger partial charge in [0.1, 0.15) is 12.7 Å². The predicted molar refractivity (Wildman–Crippen MR) is 133 cm³/mol. The predicted octanol–water partition coefficient (Wildman–Crippen LogP) is 3.27. The minimum absolute atomic E-state index is 0.0218. The van der Waals surface area contributed by atoms with E-state index in [-0.39, 0.29) is 16.7 Å². The number of carbonyl (C=O) groups excluding carboxylic acids is 3. The summed E-state index contributed by atoms with van der Waals surface area (Å²) in [5.41, 5.74) is -6.55. The van der Waals surface area contributed by atoms with E-state index in [0.717, 1.165) is 0 Å². The summed E-state index contributed by atoms with van der Waals surface area (Å²) in [6.07, 6.45) is -7.58. The second-order valence-corrected chi connectivity index (χ2v) is 10.8. The zero-order valence-electron chi connectivity index (χ0n) is 20.8. The van der Waals surface area contributed by atoms with Crippen molar-refractivity contribution in [3.8, 4) is 0 Å². The standard InChI is InChI=1S/C27H21F3O10S/c28-27(29,30)41(35,36)26(34)21(39-23(32)18-12-6-2-7-13-18)20(16-37-22(31)17-10-4-1-5-11-17)38-25(26)40-24(33)19-14-8-3-9-15-19/h1-15,20-21,25,34H,16H2/t20-,21-,25?,26+/m0/s1. The van der Waals surface area contributed by atoms with Crippen LogP contribution in [0.25, 0.3) is 0 Å². The molecule has 4 atom stereocenters. The average Bonchev–Trinajstić information content (AvgIpc) is 3.23. The van der Waals surface area contributed by atoms with Gasteiger partial charge in [0.25, 0.3) is 21.1 Å². The molecule has 14 heteroatoms. The Balaban J connectivity index is 1.74. The molecule has 1 fully saturated rings. The van der Waals surface area contributed by atoms with Crippen LogP contribution in [0.4, 0.5) is 13.2 Å². The molecular formula is C27H21F3O10S. The first kappa shape index (κ1) is 29.7. The summed E-state index contributed by atoms with van der Waals surface area (Å²) in [6.45, 7) is -1.00. The third-order valence-corrected chi connectivity index (χ3v) is 7.87. The van der Waals surface area contributed by atoms with Crippen molar-refractivity contribution in [2.24, 2.45) is 0 Å². The van der Waals surface area contributed by atoms with E-state index in [9.17, 15) is 41.1 Å². The molecule has 0 aromatic heterocycles. The SMILES string of the molecule is O=C(OC[C@@H]1OC(OC(=O)c2ccccc2)[C@](O)(S(=O)(=O)C(F)(F)F)[C@H]1OC(=O)c1ccccc1)c1ccccc1. The number of hydrogen-bond donors (Lipinski definition) is 1. The molecule has 1 saturated heterocycles. The molecule has 0 radical (unpaired) electrons. The van der Waals surface area contributed by atoms with Crippen molar-refractivity contribution < 1.29 is 60.0 Å².